The largest absolute Gasteiger partial charge is 0.472 e. The highest BCUT2D eigenvalue weighted by Gasteiger charge is 2.29. The third-order valence-corrected chi connectivity index (χ3v) is 6.48. The number of rotatable bonds is 5. The molecule has 1 amide bonds. The molecule has 1 aliphatic carbocycles. The Hall–Kier alpha value is -4.72. The molecule has 170 valence electrons. The van der Waals surface area contributed by atoms with Gasteiger partial charge in [0.2, 0.25) is 5.91 Å². The van der Waals surface area contributed by atoms with Crippen LogP contribution in [0.15, 0.2) is 78.1 Å². The molecular weight excluding hydrogens is 440 g/mol. The summed E-state index contributed by atoms with van der Waals surface area (Å²) >= 11 is 0. The van der Waals surface area contributed by atoms with Crippen LogP contribution in [0.1, 0.15) is 12.8 Å². The van der Waals surface area contributed by atoms with Gasteiger partial charge in [-0.3, -0.25) is 19.9 Å². The molecule has 1 aliphatic rings. The van der Waals surface area contributed by atoms with Crippen LogP contribution in [0.3, 0.4) is 0 Å². The van der Waals surface area contributed by atoms with Crippen LogP contribution in [0.5, 0.6) is 0 Å². The van der Waals surface area contributed by atoms with Crippen molar-refractivity contribution in [1.82, 2.24) is 25.1 Å². The topological polar surface area (TPSA) is 112 Å². The van der Waals surface area contributed by atoms with E-state index in [-0.39, 0.29) is 11.8 Å². The van der Waals surface area contributed by atoms with Crippen molar-refractivity contribution >= 4 is 33.4 Å². The Labute approximate surface area is 199 Å². The minimum absolute atomic E-state index is 0.0691. The van der Waals surface area contributed by atoms with Crippen LogP contribution < -0.4 is 5.32 Å². The fourth-order valence-electron chi connectivity index (χ4n) is 4.48. The van der Waals surface area contributed by atoms with Gasteiger partial charge in [0.25, 0.3) is 0 Å². The van der Waals surface area contributed by atoms with Crippen LogP contribution in [0, 0.1) is 5.92 Å². The van der Waals surface area contributed by atoms with E-state index in [1.165, 1.54) is 0 Å². The number of nitrogens with one attached hydrogen (secondary N) is 3. The highest BCUT2D eigenvalue weighted by atomic mass is 16.3. The van der Waals surface area contributed by atoms with Gasteiger partial charge < -0.3 is 14.7 Å². The van der Waals surface area contributed by atoms with Gasteiger partial charge in [-0.25, -0.2) is 0 Å². The van der Waals surface area contributed by atoms with E-state index >= 15 is 0 Å². The highest BCUT2D eigenvalue weighted by molar-refractivity contribution is 6.01. The molecule has 0 bridgehead atoms. The van der Waals surface area contributed by atoms with Gasteiger partial charge in [0.15, 0.2) is 0 Å². The lowest BCUT2D eigenvalue weighted by Crippen LogP contribution is -2.13. The summed E-state index contributed by atoms with van der Waals surface area (Å²) in [5.41, 5.74) is 8.17. The Bertz CT molecular complexity index is 1710. The molecule has 0 unspecified atom stereocenters. The van der Waals surface area contributed by atoms with E-state index in [1.807, 2.05) is 36.7 Å². The number of aromatic nitrogens is 5. The zero-order valence-electron chi connectivity index (χ0n) is 18.6. The number of amides is 1. The van der Waals surface area contributed by atoms with Gasteiger partial charge in [-0.05, 0) is 48.7 Å². The van der Waals surface area contributed by atoms with Crippen LogP contribution >= 0.6 is 0 Å². The van der Waals surface area contributed by atoms with Crippen LogP contribution in [0.2, 0.25) is 0 Å². The smallest absolute Gasteiger partial charge is 0.227 e. The lowest BCUT2D eigenvalue weighted by atomic mass is 10.0. The molecule has 5 heterocycles. The third kappa shape index (κ3) is 3.47. The molecule has 7 rings (SSSR count). The number of anilines is 1. The summed E-state index contributed by atoms with van der Waals surface area (Å²) in [6, 6.07) is 12.1. The first-order valence-corrected chi connectivity index (χ1v) is 11.5. The fourth-order valence-corrected chi connectivity index (χ4v) is 4.48. The number of H-pyrrole nitrogens is 2. The molecule has 0 saturated heterocycles. The van der Waals surface area contributed by atoms with Crippen molar-refractivity contribution in [3.63, 3.8) is 0 Å². The van der Waals surface area contributed by atoms with E-state index in [1.54, 1.807) is 24.9 Å². The van der Waals surface area contributed by atoms with Gasteiger partial charge in [0.05, 0.1) is 47.3 Å². The van der Waals surface area contributed by atoms with Gasteiger partial charge in [-0.1, -0.05) is 6.07 Å². The maximum absolute atomic E-state index is 12.2. The Morgan fingerprint density at radius 1 is 0.914 bits per heavy atom. The Morgan fingerprint density at radius 2 is 1.83 bits per heavy atom. The zero-order valence-corrected chi connectivity index (χ0v) is 18.6. The zero-order chi connectivity index (χ0) is 23.4. The number of carbonyl (C=O) groups excluding carboxylic acids is 1. The van der Waals surface area contributed by atoms with Crippen molar-refractivity contribution in [2.75, 3.05) is 5.32 Å². The predicted molar refractivity (Wildman–Crippen MR) is 133 cm³/mol. The summed E-state index contributed by atoms with van der Waals surface area (Å²) < 4.78 is 5.27. The second-order valence-electron chi connectivity index (χ2n) is 8.90. The normalized spacial score (nSPS) is 13.5. The van der Waals surface area contributed by atoms with Crippen molar-refractivity contribution in [3.8, 4) is 33.6 Å². The molecule has 0 aliphatic heterocycles. The van der Waals surface area contributed by atoms with E-state index in [0.717, 1.165) is 68.3 Å². The van der Waals surface area contributed by atoms with Crippen LogP contribution in [-0.4, -0.2) is 31.1 Å². The molecule has 0 radical (unpaired) electrons. The van der Waals surface area contributed by atoms with Crippen LogP contribution in [0.4, 0.5) is 5.69 Å². The van der Waals surface area contributed by atoms with Crippen LogP contribution in [0.25, 0.3) is 55.4 Å². The summed E-state index contributed by atoms with van der Waals surface area (Å²) in [6.45, 7) is 0. The average molecular weight is 460 g/mol. The Morgan fingerprint density at radius 3 is 2.69 bits per heavy atom. The Kier molecular flexibility index (Phi) is 4.32. The summed E-state index contributed by atoms with van der Waals surface area (Å²) in [4.78, 5) is 24.4. The number of furan rings is 1. The third-order valence-electron chi connectivity index (χ3n) is 6.48. The number of aromatic amines is 2. The number of fused-ring (bicyclic) bond motifs is 2. The van der Waals surface area contributed by atoms with Crippen molar-refractivity contribution in [2.45, 2.75) is 12.8 Å². The van der Waals surface area contributed by atoms with Gasteiger partial charge in [-0.15, -0.1) is 0 Å². The standard InChI is InChI=1S/C27H20N6O2/c34-27(15-1-2-15)30-19-7-18(10-28-11-19)16-3-4-23-21(8-16)26(33-32-23)24-9-20-22(17-5-6-35-14-17)12-29-13-25(20)31-24/h3-15,31H,1-2H2,(H,30,34)(H,32,33). The summed E-state index contributed by atoms with van der Waals surface area (Å²) in [7, 11) is 0. The first kappa shape index (κ1) is 19.7. The first-order valence-electron chi connectivity index (χ1n) is 11.5. The number of nitrogens with zero attached hydrogens (tertiary/aromatic N) is 3. The van der Waals surface area contributed by atoms with Gasteiger partial charge >= 0.3 is 0 Å². The van der Waals surface area contributed by atoms with E-state index in [9.17, 15) is 4.79 Å². The maximum Gasteiger partial charge on any atom is 0.227 e. The maximum atomic E-state index is 12.2. The first-order chi connectivity index (χ1) is 17.2. The second-order valence-corrected chi connectivity index (χ2v) is 8.90. The summed E-state index contributed by atoms with van der Waals surface area (Å²) in [5.74, 6) is 0.212. The highest BCUT2D eigenvalue weighted by Crippen LogP contribution is 2.35. The SMILES string of the molecule is O=C(Nc1cncc(-c2ccc3[nH]nc(-c4cc5c(-c6ccoc6)cncc5[nH]4)c3c2)c1)C1CC1. The molecule has 1 aromatic carbocycles. The number of hydrogen-bond acceptors (Lipinski definition) is 5. The minimum atomic E-state index is 0.0691. The lowest BCUT2D eigenvalue weighted by molar-refractivity contribution is -0.117. The Balaban J connectivity index is 1.29. The average Bonchev–Trinajstić information content (AvgIpc) is 3.26. The van der Waals surface area contributed by atoms with Gasteiger partial charge in [0.1, 0.15) is 5.69 Å². The summed E-state index contributed by atoms with van der Waals surface area (Å²) in [6.07, 6.45) is 12.4. The number of benzene rings is 1. The minimum Gasteiger partial charge on any atom is -0.472 e. The molecular formula is C27H20N6O2. The fraction of sp³-hybridized carbons (Fsp3) is 0.111. The molecule has 3 N–H and O–H groups in total. The molecule has 6 aromatic rings. The van der Waals surface area contributed by atoms with Crippen molar-refractivity contribution < 1.29 is 9.21 Å². The summed E-state index contributed by atoms with van der Waals surface area (Å²) in [5, 5.41) is 12.8. The molecule has 1 saturated carbocycles. The second kappa shape index (κ2) is 7.66. The van der Waals surface area contributed by atoms with Gasteiger partial charge in [0, 0.05) is 45.8 Å². The number of carbonyl (C=O) groups is 1. The molecule has 1 fully saturated rings. The van der Waals surface area contributed by atoms with Crippen LogP contribution in [-0.2, 0) is 4.79 Å². The molecule has 5 aromatic heterocycles. The number of hydrogen-bond donors (Lipinski definition) is 3. The predicted octanol–water partition coefficient (Wildman–Crippen LogP) is 5.78. The molecule has 35 heavy (non-hydrogen) atoms. The van der Waals surface area contributed by atoms with Crippen molar-refractivity contribution in [2.24, 2.45) is 5.92 Å². The molecule has 8 nitrogen and oxygen atoms in total. The van der Waals surface area contributed by atoms with Crippen molar-refractivity contribution in [1.29, 1.82) is 0 Å². The van der Waals surface area contributed by atoms with E-state index in [4.69, 9.17) is 4.42 Å². The van der Waals surface area contributed by atoms with Gasteiger partial charge in [-0.2, -0.15) is 5.10 Å². The lowest BCUT2D eigenvalue weighted by Gasteiger charge is -2.07. The molecule has 8 heteroatoms. The molecule has 0 atom stereocenters. The number of pyridine rings is 2. The monoisotopic (exact) mass is 460 g/mol. The van der Waals surface area contributed by atoms with Crippen molar-refractivity contribution in [3.05, 3.63) is 73.7 Å². The quantitative estimate of drug-likeness (QED) is 0.302. The molecule has 0 spiro atoms. The van der Waals surface area contributed by atoms with E-state index < -0.39 is 0 Å². The van der Waals surface area contributed by atoms with E-state index in [0.29, 0.717) is 5.69 Å². The van der Waals surface area contributed by atoms with E-state index in [2.05, 4.69) is 42.6 Å².